The lowest BCUT2D eigenvalue weighted by molar-refractivity contribution is 0.782. The van der Waals surface area contributed by atoms with E-state index in [1.165, 1.54) is 0 Å². The van der Waals surface area contributed by atoms with E-state index in [0.29, 0.717) is 6.54 Å². The van der Waals surface area contributed by atoms with E-state index in [-0.39, 0.29) is 0 Å². The van der Waals surface area contributed by atoms with Crippen LogP contribution in [0.4, 0.5) is 0 Å². The first kappa shape index (κ1) is 12.1. The minimum atomic E-state index is 0.599. The second-order valence-electron chi connectivity index (χ2n) is 3.37. The number of aromatic nitrogens is 2. The fourth-order valence-corrected chi connectivity index (χ4v) is 3.51. The van der Waals surface area contributed by atoms with Gasteiger partial charge in [-0.05, 0) is 34.6 Å². The van der Waals surface area contributed by atoms with Crippen molar-refractivity contribution in [2.24, 2.45) is 12.8 Å². The number of rotatable bonds is 3. The molecule has 3 nitrogen and oxygen atoms in total. The fraction of sp³-hybridized carbons (Fsp3) is 0.300. The summed E-state index contributed by atoms with van der Waals surface area (Å²) in [5, 5.41) is 0. The summed E-state index contributed by atoms with van der Waals surface area (Å²) >= 11 is 11.0. The topological polar surface area (TPSA) is 43.8 Å². The van der Waals surface area contributed by atoms with Gasteiger partial charge in [-0.25, -0.2) is 4.98 Å². The molecule has 16 heavy (non-hydrogen) atoms. The standard InChI is InChI=1S/C10H11BrClN3S/c1-15-8(4-5-13)14-10(11)9(15)6-2-3-7(12)16-6/h2-3H,4-5,13H2,1H3. The third-order valence-corrected chi connectivity index (χ3v) is 4.11. The Balaban J connectivity index is 2.48. The molecule has 0 aliphatic carbocycles. The van der Waals surface area contributed by atoms with Gasteiger partial charge in [-0.3, -0.25) is 0 Å². The van der Waals surface area contributed by atoms with Gasteiger partial charge in [0.2, 0.25) is 0 Å². The Hall–Kier alpha value is -0.360. The van der Waals surface area contributed by atoms with Crippen LogP contribution < -0.4 is 5.73 Å². The SMILES string of the molecule is Cn1c(CCN)nc(Br)c1-c1ccc(Cl)s1. The maximum Gasteiger partial charge on any atom is 0.133 e. The van der Waals surface area contributed by atoms with Crippen LogP contribution in [0.2, 0.25) is 4.34 Å². The molecule has 0 atom stereocenters. The van der Waals surface area contributed by atoms with Crippen molar-refractivity contribution in [1.82, 2.24) is 9.55 Å². The van der Waals surface area contributed by atoms with E-state index in [9.17, 15) is 0 Å². The van der Waals surface area contributed by atoms with Gasteiger partial charge in [-0.15, -0.1) is 11.3 Å². The lowest BCUT2D eigenvalue weighted by Crippen LogP contribution is -2.08. The first-order valence-corrected chi connectivity index (χ1v) is 6.79. The van der Waals surface area contributed by atoms with Crippen LogP contribution in [0.5, 0.6) is 0 Å². The molecule has 2 aromatic heterocycles. The summed E-state index contributed by atoms with van der Waals surface area (Å²) in [5.74, 6) is 0.980. The van der Waals surface area contributed by atoms with Crippen LogP contribution in [0, 0.1) is 0 Å². The van der Waals surface area contributed by atoms with Gasteiger partial charge in [0.25, 0.3) is 0 Å². The number of imidazole rings is 1. The second kappa shape index (κ2) is 4.87. The summed E-state index contributed by atoms with van der Waals surface area (Å²) in [6, 6.07) is 3.89. The summed E-state index contributed by atoms with van der Waals surface area (Å²) in [6.45, 7) is 0.599. The van der Waals surface area contributed by atoms with Crippen LogP contribution in [0.25, 0.3) is 10.6 Å². The van der Waals surface area contributed by atoms with E-state index >= 15 is 0 Å². The average molecular weight is 321 g/mol. The zero-order valence-electron chi connectivity index (χ0n) is 8.70. The van der Waals surface area contributed by atoms with Gasteiger partial charge in [0.1, 0.15) is 10.4 Å². The lowest BCUT2D eigenvalue weighted by atomic mass is 10.3. The second-order valence-corrected chi connectivity index (χ2v) is 5.84. The summed E-state index contributed by atoms with van der Waals surface area (Å²) in [7, 11) is 1.99. The molecule has 2 rings (SSSR count). The molecule has 0 spiro atoms. The van der Waals surface area contributed by atoms with Crippen molar-refractivity contribution in [3.8, 4) is 10.6 Å². The number of hydrogen-bond donors (Lipinski definition) is 1. The molecule has 2 heterocycles. The molecule has 0 unspecified atom stereocenters. The zero-order chi connectivity index (χ0) is 11.7. The molecule has 0 radical (unpaired) electrons. The largest absolute Gasteiger partial charge is 0.330 e. The summed E-state index contributed by atoms with van der Waals surface area (Å²) < 4.78 is 3.68. The van der Waals surface area contributed by atoms with Gasteiger partial charge in [-0.2, -0.15) is 0 Å². The average Bonchev–Trinajstić information content (AvgIpc) is 2.74. The number of thiophene rings is 1. The molecule has 2 N–H and O–H groups in total. The Morgan fingerprint density at radius 1 is 1.56 bits per heavy atom. The van der Waals surface area contributed by atoms with Crippen LogP contribution in [0.3, 0.4) is 0 Å². The highest BCUT2D eigenvalue weighted by molar-refractivity contribution is 9.10. The van der Waals surface area contributed by atoms with Gasteiger partial charge in [-0.1, -0.05) is 11.6 Å². The monoisotopic (exact) mass is 319 g/mol. The molecule has 0 saturated carbocycles. The molecule has 2 aromatic rings. The molecule has 0 aliphatic rings. The maximum atomic E-state index is 5.94. The first-order chi connectivity index (χ1) is 7.63. The Bertz CT molecular complexity index is 506. The van der Waals surface area contributed by atoms with Gasteiger partial charge >= 0.3 is 0 Å². The van der Waals surface area contributed by atoms with E-state index in [4.69, 9.17) is 17.3 Å². The number of nitrogens with zero attached hydrogens (tertiary/aromatic N) is 2. The molecule has 0 saturated heterocycles. The zero-order valence-corrected chi connectivity index (χ0v) is 11.9. The fourth-order valence-electron chi connectivity index (χ4n) is 1.57. The van der Waals surface area contributed by atoms with Crippen molar-refractivity contribution >= 4 is 38.9 Å². The predicted octanol–water partition coefficient (Wildman–Crippen LogP) is 3.07. The van der Waals surface area contributed by atoms with Crippen molar-refractivity contribution in [3.05, 3.63) is 26.9 Å². The van der Waals surface area contributed by atoms with Crippen molar-refractivity contribution in [3.63, 3.8) is 0 Å². The Morgan fingerprint density at radius 3 is 2.88 bits per heavy atom. The van der Waals surface area contributed by atoms with Crippen molar-refractivity contribution in [2.45, 2.75) is 6.42 Å². The van der Waals surface area contributed by atoms with Crippen molar-refractivity contribution < 1.29 is 0 Å². The molecule has 6 heteroatoms. The molecule has 86 valence electrons. The highest BCUT2D eigenvalue weighted by atomic mass is 79.9. The molecular formula is C10H11BrClN3S. The highest BCUT2D eigenvalue weighted by Crippen LogP contribution is 2.35. The normalized spacial score (nSPS) is 11.0. The molecule has 0 fully saturated rings. The molecule has 0 aliphatic heterocycles. The Labute approximate surface area is 111 Å². The summed E-state index contributed by atoms with van der Waals surface area (Å²) in [4.78, 5) is 5.56. The van der Waals surface area contributed by atoms with Crippen LogP contribution in [-0.2, 0) is 13.5 Å². The Morgan fingerprint density at radius 2 is 2.31 bits per heavy atom. The van der Waals surface area contributed by atoms with Crippen molar-refractivity contribution in [2.75, 3.05) is 6.54 Å². The van der Waals surface area contributed by atoms with Gasteiger partial charge in [0, 0.05) is 13.5 Å². The van der Waals surface area contributed by atoms with Crippen LogP contribution >= 0.6 is 38.9 Å². The molecular weight excluding hydrogens is 310 g/mol. The quantitative estimate of drug-likeness (QED) is 0.944. The smallest absolute Gasteiger partial charge is 0.133 e. The van der Waals surface area contributed by atoms with E-state index in [1.54, 1.807) is 11.3 Å². The van der Waals surface area contributed by atoms with Gasteiger partial charge in [0.15, 0.2) is 0 Å². The minimum Gasteiger partial charge on any atom is -0.330 e. The third-order valence-electron chi connectivity index (χ3n) is 2.32. The van der Waals surface area contributed by atoms with Crippen molar-refractivity contribution in [1.29, 1.82) is 0 Å². The molecule has 0 bridgehead atoms. The number of hydrogen-bond acceptors (Lipinski definition) is 3. The summed E-state index contributed by atoms with van der Waals surface area (Å²) in [5.41, 5.74) is 6.60. The highest BCUT2D eigenvalue weighted by Gasteiger charge is 2.15. The van der Waals surface area contributed by atoms with Crippen LogP contribution in [-0.4, -0.2) is 16.1 Å². The van der Waals surface area contributed by atoms with E-state index in [0.717, 1.165) is 31.8 Å². The third kappa shape index (κ3) is 2.18. The molecule has 0 amide bonds. The summed E-state index contributed by atoms with van der Waals surface area (Å²) in [6.07, 6.45) is 0.772. The lowest BCUT2D eigenvalue weighted by Gasteiger charge is -2.03. The Kier molecular flexibility index (Phi) is 3.69. The minimum absolute atomic E-state index is 0.599. The number of halogens is 2. The van der Waals surface area contributed by atoms with E-state index < -0.39 is 0 Å². The van der Waals surface area contributed by atoms with Gasteiger partial charge < -0.3 is 10.3 Å². The predicted molar refractivity (Wildman–Crippen MR) is 72.0 cm³/mol. The van der Waals surface area contributed by atoms with Crippen LogP contribution in [0.15, 0.2) is 16.7 Å². The first-order valence-electron chi connectivity index (χ1n) is 4.80. The van der Waals surface area contributed by atoms with Gasteiger partial charge in [0.05, 0.1) is 14.9 Å². The van der Waals surface area contributed by atoms with E-state index in [1.807, 2.05) is 19.2 Å². The number of nitrogens with two attached hydrogens (primary N) is 1. The van der Waals surface area contributed by atoms with E-state index in [2.05, 4.69) is 25.5 Å². The molecule has 0 aromatic carbocycles. The maximum absolute atomic E-state index is 5.94. The van der Waals surface area contributed by atoms with Crippen LogP contribution in [0.1, 0.15) is 5.82 Å².